The van der Waals surface area contributed by atoms with Gasteiger partial charge in [0.2, 0.25) is 0 Å². The van der Waals surface area contributed by atoms with Crippen molar-refractivity contribution in [3.8, 4) is 0 Å². The maximum atomic E-state index is 11.4. The lowest BCUT2D eigenvalue weighted by atomic mass is 10.3. The van der Waals surface area contributed by atoms with E-state index in [0.717, 1.165) is 12.8 Å². The molecule has 0 bridgehead atoms. The topological polar surface area (TPSA) is 55.1 Å². The molecule has 0 unspecified atom stereocenters. The molecule has 1 aromatic heterocycles. The second kappa shape index (κ2) is 5.34. The maximum Gasteiger partial charge on any atom is 0.358 e. The summed E-state index contributed by atoms with van der Waals surface area (Å²) in [5.41, 5.74) is 0.495. The minimum absolute atomic E-state index is 0.0846. The van der Waals surface area contributed by atoms with E-state index in [1.54, 1.807) is 29.9 Å². The van der Waals surface area contributed by atoms with Crippen LogP contribution in [0.15, 0.2) is 18.3 Å². The summed E-state index contributed by atoms with van der Waals surface area (Å²) >= 11 is 0. The highest BCUT2D eigenvalue weighted by Gasteiger charge is 2.15. The van der Waals surface area contributed by atoms with Gasteiger partial charge in [-0.25, -0.2) is 4.79 Å². The van der Waals surface area contributed by atoms with Gasteiger partial charge in [-0.2, -0.15) is 0 Å². The molecule has 0 atom stereocenters. The SMILES string of the molecule is CCCCOC(=O)C(=N)c1cccn1C. The van der Waals surface area contributed by atoms with E-state index in [0.29, 0.717) is 12.3 Å². The normalized spacial score (nSPS) is 10.0. The number of nitrogens with zero attached hydrogens (tertiary/aromatic N) is 1. The van der Waals surface area contributed by atoms with Gasteiger partial charge in [-0.15, -0.1) is 0 Å². The number of unbranched alkanes of at least 4 members (excludes halogenated alkanes) is 1. The lowest BCUT2D eigenvalue weighted by Gasteiger charge is -2.05. The summed E-state index contributed by atoms with van der Waals surface area (Å²) in [6.45, 7) is 2.42. The third-order valence-electron chi connectivity index (χ3n) is 2.14. The molecule has 0 aliphatic carbocycles. The number of ether oxygens (including phenoxy) is 1. The Morgan fingerprint density at radius 2 is 2.33 bits per heavy atom. The molecule has 0 saturated carbocycles. The van der Waals surface area contributed by atoms with Crippen LogP contribution in [-0.2, 0) is 16.6 Å². The molecular weight excluding hydrogens is 192 g/mol. The minimum Gasteiger partial charge on any atom is -0.461 e. The van der Waals surface area contributed by atoms with Gasteiger partial charge in [-0.3, -0.25) is 5.41 Å². The van der Waals surface area contributed by atoms with Crippen molar-refractivity contribution >= 4 is 11.7 Å². The van der Waals surface area contributed by atoms with E-state index < -0.39 is 5.97 Å². The molecule has 0 aliphatic rings. The number of aromatic nitrogens is 1. The molecule has 0 amide bonds. The molecule has 0 fully saturated rings. The molecule has 1 aromatic rings. The number of nitrogens with one attached hydrogen (secondary N) is 1. The van der Waals surface area contributed by atoms with Gasteiger partial charge in [0.05, 0.1) is 12.3 Å². The predicted octanol–water partition coefficient (Wildman–Crippen LogP) is 1.74. The van der Waals surface area contributed by atoms with Crippen LogP contribution < -0.4 is 0 Å². The van der Waals surface area contributed by atoms with Crippen LogP contribution >= 0.6 is 0 Å². The quantitative estimate of drug-likeness (QED) is 0.455. The van der Waals surface area contributed by atoms with Gasteiger partial charge in [0, 0.05) is 13.2 Å². The van der Waals surface area contributed by atoms with E-state index >= 15 is 0 Å². The van der Waals surface area contributed by atoms with E-state index in [-0.39, 0.29) is 5.71 Å². The summed E-state index contributed by atoms with van der Waals surface area (Å²) in [5, 5.41) is 7.63. The fourth-order valence-electron chi connectivity index (χ4n) is 1.21. The predicted molar refractivity (Wildman–Crippen MR) is 58.1 cm³/mol. The standard InChI is InChI=1S/C11H16N2O2/c1-3-4-8-15-11(14)10(12)9-6-5-7-13(9)2/h5-7,12H,3-4,8H2,1-2H3. The van der Waals surface area contributed by atoms with Gasteiger partial charge in [-0.1, -0.05) is 13.3 Å². The first-order valence-electron chi connectivity index (χ1n) is 5.04. The third kappa shape index (κ3) is 2.94. The van der Waals surface area contributed by atoms with Crippen molar-refractivity contribution in [3.05, 3.63) is 24.0 Å². The Morgan fingerprint density at radius 3 is 2.87 bits per heavy atom. The lowest BCUT2D eigenvalue weighted by Crippen LogP contribution is -2.20. The van der Waals surface area contributed by atoms with Gasteiger partial charge >= 0.3 is 5.97 Å². The molecular formula is C11H16N2O2. The molecule has 1 rings (SSSR count). The van der Waals surface area contributed by atoms with Gasteiger partial charge < -0.3 is 9.30 Å². The van der Waals surface area contributed by atoms with Crippen LogP contribution in [-0.4, -0.2) is 22.9 Å². The zero-order valence-corrected chi connectivity index (χ0v) is 9.12. The Balaban J connectivity index is 2.54. The third-order valence-corrected chi connectivity index (χ3v) is 2.14. The van der Waals surface area contributed by atoms with Crippen molar-refractivity contribution in [2.24, 2.45) is 7.05 Å². The average Bonchev–Trinajstić information content (AvgIpc) is 2.63. The van der Waals surface area contributed by atoms with E-state index in [2.05, 4.69) is 0 Å². The van der Waals surface area contributed by atoms with Crippen LogP contribution in [0.25, 0.3) is 0 Å². The van der Waals surface area contributed by atoms with E-state index in [1.807, 2.05) is 6.92 Å². The van der Waals surface area contributed by atoms with Gasteiger partial charge in [0.25, 0.3) is 0 Å². The van der Waals surface area contributed by atoms with E-state index in [9.17, 15) is 4.79 Å². The van der Waals surface area contributed by atoms with Gasteiger partial charge in [-0.05, 0) is 18.6 Å². The summed E-state index contributed by atoms with van der Waals surface area (Å²) in [6, 6.07) is 3.52. The number of aryl methyl sites for hydroxylation is 1. The summed E-state index contributed by atoms with van der Waals surface area (Å²) in [5.74, 6) is -0.551. The van der Waals surface area contributed by atoms with Crippen molar-refractivity contribution in [2.75, 3.05) is 6.61 Å². The van der Waals surface area contributed by atoms with Crippen molar-refractivity contribution in [2.45, 2.75) is 19.8 Å². The molecule has 82 valence electrons. The highest BCUT2D eigenvalue weighted by atomic mass is 16.5. The first-order chi connectivity index (χ1) is 7.16. The van der Waals surface area contributed by atoms with Crippen LogP contribution in [0.1, 0.15) is 25.5 Å². The second-order valence-electron chi connectivity index (χ2n) is 3.37. The molecule has 0 radical (unpaired) electrons. The first-order valence-corrected chi connectivity index (χ1v) is 5.04. The van der Waals surface area contributed by atoms with Crippen molar-refractivity contribution in [1.82, 2.24) is 4.57 Å². The monoisotopic (exact) mass is 208 g/mol. The highest BCUT2D eigenvalue weighted by Crippen LogP contribution is 2.02. The van der Waals surface area contributed by atoms with Crippen molar-refractivity contribution < 1.29 is 9.53 Å². The fraction of sp³-hybridized carbons (Fsp3) is 0.455. The Labute approximate surface area is 89.4 Å². The Hall–Kier alpha value is -1.58. The molecule has 0 saturated heterocycles. The summed E-state index contributed by atoms with van der Waals surface area (Å²) in [6.07, 6.45) is 3.61. The minimum atomic E-state index is -0.551. The zero-order valence-electron chi connectivity index (χ0n) is 9.12. The number of hydrogen-bond acceptors (Lipinski definition) is 3. The number of esters is 1. The summed E-state index contributed by atoms with van der Waals surface area (Å²) < 4.78 is 6.67. The van der Waals surface area contributed by atoms with Crippen molar-refractivity contribution in [1.29, 1.82) is 5.41 Å². The molecule has 1 heterocycles. The highest BCUT2D eigenvalue weighted by molar-refractivity contribution is 6.41. The molecule has 0 aliphatic heterocycles. The molecule has 4 heteroatoms. The van der Waals surface area contributed by atoms with E-state index in [4.69, 9.17) is 10.1 Å². The zero-order chi connectivity index (χ0) is 11.3. The van der Waals surface area contributed by atoms with Crippen LogP contribution in [0, 0.1) is 5.41 Å². The molecule has 0 aromatic carbocycles. The van der Waals surface area contributed by atoms with Gasteiger partial charge in [0.1, 0.15) is 0 Å². The fourth-order valence-corrected chi connectivity index (χ4v) is 1.21. The molecule has 1 N–H and O–H groups in total. The molecule has 0 spiro atoms. The Morgan fingerprint density at radius 1 is 1.60 bits per heavy atom. The smallest absolute Gasteiger partial charge is 0.358 e. The first kappa shape index (κ1) is 11.5. The van der Waals surface area contributed by atoms with Crippen LogP contribution in [0.5, 0.6) is 0 Å². The van der Waals surface area contributed by atoms with E-state index in [1.165, 1.54) is 0 Å². The number of carbonyl (C=O) groups excluding carboxylic acids is 1. The molecule has 4 nitrogen and oxygen atoms in total. The van der Waals surface area contributed by atoms with Crippen LogP contribution in [0.4, 0.5) is 0 Å². The Kier molecular flexibility index (Phi) is 4.09. The largest absolute Gasteiger partial charge is 0.461 e. The second-order valence-corrected chi connectivity index (χ2v) is 3.37. The summed E-state index contributed by atoms with van der Waals surface area (Å²) in [7, 11) is 1.79. The van der Waals surface area contributed by atoms with Crippen molar-refractivity contribution in [3.63, 3.8) is 0 Å². The lowest BCUT2D eigenvalue weighted by molar-refractivity contribution is -0.135. The van der Waals surface area contributed by atoms with Crippen LogP contribution in [0.3, 0.4) is 0 Å². The summed E-state index contributed by atoms with van der Waals surface area (Å²) in [4.78, 5) is 11.4. The molecule has 15 heavy (non-hydrogen) atoms. The average molecular weight is 208 g/mol. The number of rotatable bonds is 5. The van der Waals surface area contributed by atoms with Gasteiger partial charge in [0.15, 0.2) is 5.71 Å². The maximum absolute atomic E-state index is 11.4. The number of hydrogen-bond donors (Lipinski definition) is 1. The Bertz CT molecular complexity index is 355. The number of carbonyl (C=O) groups is 1. The van der Waals surface area contributed by atoms with Crippen LogP contribution in [0.2, 0.25) is 0 Å².